The van der Waals surface area contributed by atoms with Gasteiger partial charge in [-0.15, -0.1) is 9.67 Å². The number of aromatic nitrogens is 5. The average molecular weight is 226 g/mol. The predicted molar refractivity (Wildman–Crippen MR) is 62.1 cm³/mol. The van der Waals surface area contributed by atoms with Gasteiger partial charge >= 0.3 is 5.78 Å². The third-order valence-corrected chi connectivity index (χ3v) is 2.71. The summed E-state index contributed by atoms with van der Waals surface area (Å²) < 4.78 is 3.39. The molecule has 0 unspecified atom stereocenters. The molecule has 84 valence electrons. The van der Waals surface area contributed by atoms with Gasteiger partial charge < -0.3 is 0 Å². The number of hydrogen-bond acceptors (Lipinski definition) is 3. The van der Waals surface area contributed by atoms with Gasteiger partial charge in [-0.2, -0.15) is 0 Å². The molecule has 3 rings (SSSR count). The third kappa shape index (κ3) is 1.56. The Morgan fingerprint density at radius 1 is 1.18 bits per heavy atom. The second-order valence-corrected chi connectivity index (χ2v) is 3.96. The molecular weight excluding hydrogens is 214 g/mol. The van der Waals surface area contributed by atoms with Gasteiger partial charge in [-0.05, 0) is 6.92 Å². The summed E-state index contributed by atoms with van der Waals surface area (Å²) in [6.07, 6.45) is 0. The van der Waals surface area contributed by atoms with E-state index in [4.69, 9.17) is 0 Å². The minimum absolute atomic E-state index is 0.740. The third-order valence-electron chi connectivity index (χ3n) is 2.71. The van der Waals surface area contributed by atoms with Gasteiger partial charge in [0.1, 0.15) is 16.6 Å². The molecule has 5 nitrogen and oxygen atoms in total. The second-order valence-electron chi connectivity index (χ2n) is 3.96. The van der Waals surface area contributed by atoms with Gasteiger partial charge in [0.05, 0.1) is 12.3 Å². The Morgan fingerprint density at radius 2 is 1.94 bits per heavy atom. The summed E-state index contributed by atoms with van der Waals surface area (Å²) in [5, 5.41) is 7.98. The lowest BCUT2D eigenvalue weighted by atomic mass is 10.1. The number of hydrogen-bond donors (Lipinski definition) is 0. The number of rotatable bonds is 1. The number of tetrazole rings is 1. The van der Waals surface area contributed by atoms with Crippen LogP contribution in [0.25, 0.3) is 17.0 Å². The highest BCUT2D eigenvalue weighted by Gasteiger charge is 2.16. The number of fused-ring (bicyclic) bond motifs is 1. The van der Waals surface area contributed by atoms with Crippen molar-refractivity contribution in [2.75, 3.05) is 0 Å². The summed E-state index contributed by atoms with van der Waals surface area (Å²) in [6, 6.07) is 12.1. The van der Waals surface area contributed by atoms with Crippen molar-refractivity contribution < 1.29 is 4.68 Å². The van der Waals surface area contributed by atoms with Crippen molar-refractivity contribution in [1.29, 1.82) is 0 Å². The molecule has 0 bridgehead atoms. The van der Waals surface area contributed by atoms with Crippen LogP contribution in [0.2, 0.25) is 0 Å². The van der Waals surface area contributed by atoms with E-state index in [1.165, 1.54) is 0 Å². The first kappa shape index (κ1) is 9.89. The topological polar surface area (TPSA) is 47.0 Å². The molecule has 0 spiro atoms. The fraction of sp³-hybridized carbons (Fsp3) is 0.167. The van der Waals surface area contributed by atoms with Crippen LogP contribution in [0.5, 0.6) is 0 Å². The van der Waals surface area contributed by atoms with E-state index in [1.54, 1.807) is 9.20 Å². The molecule has 1 aromatic carbocycles. The van der Waals surface area contributed by atoms with Crippen molar-refractivity contribution in [3.05, 3.63) is 42.1 Å². The second kappa shape index (κ2) is 3.62. The van der Waals surface area contributed by atoms with Crippen LogP contribution in [0.15, 0.2) is 36.4 Å². The quantitative estimate of drug-likeness (QED) is 0.580. The van der Waals surface area contributed by atoms with Gasteiger partial charge in [0, 0.05) is 11.6 Å². The van der Waals surface area contributed by atoms with Crippen molar-refractivity contribution in [3.8, 4) is 11.3 Å². The zero-order valence-corrected chi connectivity index (χ0v) is 9.70. The van der Waals surface area contributed by atoms with Gasteiger partial charge in [0.25, 0.3) is 0 Å². The molecule has 5 heteroatoms. The molecule has 2 aromatic heterocycles. The van der Waals surface area contributed by atoms with E-state index in [2.05, 4.69) is 15.4 Å². The molecule has 2 heterocycles. The molecule has 0 atom stereocenters. The maximum Gasteiger partial charge on any atom is 0.407 e. The van der Waals surface area contributed by atoms with Gasteiger partial charge in [0.2, 0.25) is 0 Å². The molecule has 0 aliphatic carbocycles. The van der Waals surface area contributed by atoms with E-state index in [9.17, 15) is 0 Å². The Morgan fingerprint density at radius 3 is 2.71 bits per heavy atom. The summed E-state index contributed by atoms with van der Waals surface area (Å²) in [4.78, 5) is 4.57. The molecule has 0 fully saturated rings. The molecule has 0 radical (unpaired) electrons. The lowest BCUT2D eigenvalue weighted by Gasteiger charge is -1.98. The molecule has 0 aliphatic rings. The Labute approximate surface area is 98.3 Å². The Kier molecular flexibility index (Phi) is 2.11. The zero-order valence-electron chi connectivity index (χ0n) is 9.70. The summed E-state index contributed by atoms with van der Waals surface area (Å²) in [5.41, 5.74) is 3.05. The van der Waals surface area contributed by atoms with E-state index in [0.29, 0.717) is 0 Å². The van der Waals surface area contributed by atoms with Crippen LogP contribution >= 0.6 is 0 Å². The van der Waals surface area contributed by atoms with Crippen LogP contribution in [0.4, 0.5) is 0 Å². The van der Waals surface area contributed by atoms with Crippen LogP contribution in [0.1, 0.15) is 5.69 Å². The first-order valence-electron chi connectivity index (χ1n) is 5.40. The van der Waals surface area contributed by atoms with Crippen molar-refractivity contribution in [3.63, 3.8) is 0 Å². The zero-order chi connectivity index (χ0) is 11.8. The highest BCUT2D eigenvalue weighted by atomic mass is 15.6. The van der Waals surface area contributed by atoms with E-state index in [1.807, 2.05) is 50.4 Å². The van der Waals surface area contributed by atoms with E-state index < -0.39 is 0 Å². The largest absolute Gasteiger partial charge is 0.407 e. The summed E-state index contributed by atoms with van der Waals surface area (Å²) in [7, 11) is 1.84. The normalized spacial score (nSPS) is 10.9. The monoisotopic (exact) mass is 226 g/mol. The minimum Gasteiger partial charge on any atom is -0.132 e. The number of benzene rings is 1. The summed E-state index contributed by atoms with van der Waals surface area (Å²) in [5.74, 6) is 0.740. The summed E-state index contributed by atoms with van der Waals surface area (Å²) >= 11 is 0. The Hall–Kier alpha value is -2.30. The van der Waals surface area contributed by atoms with Crippen molar-refractivity contribution >= 4 is 5.78 Å². The fourth-order valence-corrected chi connectivity index (χ4v) is 1.82. The van der Waals surface area contributed by atoms with Crippen LogP contribution in [-0.4, -0.2) is 19.9 Å². The first-order chi connectivity index (χ1) is 8.25. The fourth-order valence-electron chi connectivity index (χ4n) is 1.82. The standard InChI is InChI=1S/C12H12N5/c1-9-8-11(10-6-4-3-5-7-10)13-12-16(2)14-15-17(9)12/h3-8H,1-2H3/q+1. The lowest BCUT2D eigenvalue weighted by Crippen LogP contribution is -2.31. The van der Waals surface area contributed by atoms with E-state index in [0.717, 1.165) is 22.7 Å². The smallest absolute Gasteiger partial charge is 0.132 e. The SMILES string of the molecule is Cc1cc(-c2ccccc2)nc2n1nn[n+]2C. The lowest BCUT2D eigenvalue weighted by molar-refractivity contribution is -0.709. The van der Waals surface area contributed by atoms with Gasteiger partial charge in [-0.3, -0.25) is 0 Å². The van der Waals surface area contributed by atoms with Crippen molar-refractivity contribution in [2.45, 2.75) is 6.92 Å². The van der Waals surface area contributed by atoms with Crippen molar-refractivity contribution in [2.24, 2.45) is 7.05 Å². The highest BCUT2D eigenvalue weighted by molar-refractivity contribution is 5.60. The van der Waals surface area contributed by atoms with Gasteiger partial charge in [0.15, 0.2) is 0 Å². The Bertz CT molecular complexity index is 672. The highest BCUT2D eigenvalue weighted by Crippen LogP contribution is 2.17. The van der Waals surface area contributed by atoms with Gasteiger partial charge in [-0.1, -0.05) is 34.8 Å². The Balaban J connectivity index is 2.28. The predicted octanol–water partition coefficient (Wildman–Crippen LogP) is 0.924. The van der Waals surface area contributed by atoms with Crippen molar-refractivity contribution in [1.82, 2.24) is 19.9 Å². The molecule has 0 amide bonds. The minimum atomic E-state index is 0.740. The number of nitrogens with zero attached hydrogens (tertiary/aromatic N) is 5. The molecule has 17 heavy (non-hydrogen) atoms. The molecular formula is C12H12N5+. The summed E-state index contributed by atoms with van der Waals surface area (Å²) in [6.45, 7) is 2.00. The van der Waals surface area contributed by atoms with Crippen LogP contribution in [0.3, 0.4) is 0 Å². The maximum atomic E-state index is 4.57. The van der Waals surface area contributed by atoms with E-state index >= 15 is 0 Å². The first-order valence-corrected chi connectivity index (χ1v) is 5.40. The van der Waals surface area contributed by atoms with Crippen LogP contribution in [-0.2, 0) is 7.05 Å². The van der Waals surface area contributed by atoms with E-state index in [-0.39, 0.29) is 0 Å². The van der Waals surface area contributed by atoms with Gasteiger partial charge in [-0.25, -0.2) is 0 Å². The molecule has 0 saturated heterocycles. The van der Waals surface area contributed by atoms with Crippen LogP contribution < -0.4 is 4.68 Å². The molecule has 3 aromatic rings. The average Bonchev–Trinajstić information content (AvgIpc) is 2.73. The van der Waals surface area contributed by atoms with Crippen LogP contribution in [0, 0.1) is 6.92 Å². The number of aryl methyl sites for hydroxylation is 2. The molecule has 0 saturated carbocycles. The molecule has 0 N–H and O–H groups in total. The molecule has 0 aliphatic heterocycles. The maximum absolute atomic E-state index is 4.57.